The standard InChI is InChI=1S/C32H32N6O4/c1-42-29-16-15-22(18-28(29)39)31(32(41)34-23-10-3-2-4-11-23)38(24-17-21-9-5-6-12-25(21)33-19-24)30(40)20-37-27-14-8-7-13-26(27)35-36-37/h5-9,12-19,23,31,39H,2-4,10-11,20H2,1H3,(H,34,41)/t31-/m1/s1. The molecule has 2 N–H and O–H groups in total. The molecule has 0 aliphatic heterocycles. The number of carbonyl (C=O) groups excluding carboxylic acids is 2. The Morgan fingerprint density at radius 2 is 1.79 bits per heavy atom. The third-order valence-corrected chi connectivity index (χ3v) is 7.80. The first-order chi connectivity index (χ1) is 20.5. The van der Waals surface area contributed by atoms with Gasteiger partial charge in [-0.05, 0) is 54.8 Å². The minimum Gasteiger partial charge on any atom is -0.504 e. The fourth-order valence-corrected chi connectivity index (χ4v) is 5.69. The van der Waals surface area contributed by atoms with E-state index in [4.69, 9.17) is 4.74 Å². The van der Waals surface area contributed by atoms with Crippen LogP contribution in [0, 0.1) is 0 Å². The Kier molecular flexibility index (Phi) is 7.68. The Morgan fingerprint density at radius 1 is 1.02 bits per heavy atom. The van der Waals surface area contributed by atoms with Crippen LogP contribution in [0.1, 0.15) is 43.7 Å². The van der Waals surface area contributed by atoms with Crippen molar-refractivity contribution < 1.29 is 19.4 Å². The highest BCUT2D eigenvalue weighted by atomic mass is 16.5. The van der Waals surface area contributed by atoms with Gasteiger partial charge in [0.1, 0.15) is 18.1 Å². The molecule has 0 spiro atoms. The molecule has 3 aromatic carbocycles. The van der Waals surface area contributed by atoms with Crippen molar-refractivity contribution in [2.24, 2.45) is 0 Å². The fraction of sp³-hybridized carbons (Fsp3) is 0.281. The van der Waals surface area contributed by atoms with Gasteiger partial charge in [0.25, 0.3) is 0 Å². The van der Waals surface area contributed by atoms with Crippen molar-refractivity contribution in [2.45, 2.75) is 50.7 Å². The number of anilines is 1. The van der Waals surface area contributed by atoms with Gasteiger partial charge in [-0.25, -0.2) is 4.68 Å². The van der Waals surface area contributed by atoms with Crippen molar-refractivity contribution in [3.05, 3.63) is 84.6 Å². The van der Waals surface area contributed by atoms with Crippen LogP contribution >= 0.6 is 0 Å². The number of rotatable bonds is 8. The van der Waals surface area contributed by atoms with Crippen LogP contribution in [0.5, 0.6) is 11.5 Å². The molecule has 0 bridgehead atoms. The van der Waals surface area contributed by atoms with E-state index in [0.717, 1.165) is 43.0 Å². The minimum absolute atomic E-state index is 0.00605. The number of aromatic nitrogens is 4. The van der Waals surface area contributed by atoms with Crippen molar-refractivity contribution in [1.82, 2.24) is 25.3 Å². The Labute approximate surface area is 242 Å². The van der Waals surface area contributed by atoms with E-state index in [-0.39, 0.29) is 35.9 Å². The van der Waals surface area contributed by atoms with E-state index in [2.05, 4.69) is 20.6 Å². The molecule has 10 nitrogen and oxygen atoms in total. The van der Waals surface area contributed by atoms with Gasteiger partial charge < -0.3 is 15.2 Å². The van der Waals surface area contributed by atoms with Gasteiger partial charge in [0, 0.05) is 11.4 Å². The molecule has 6 rings (SSSR count). The van der Waals surface area contributed by atoms with Gasteiger partial charge in [0.05, 0.1) is 30.0 Å². The lowest BCUT2D eigenvalue weighted by atomic mass is 9.94. The van der Waals surface area contributed by atoms with Crippen LogP contribution in [0.2, 0.25) is 0 Å². The molecule has 2 amide bonds. The Morgan fingerprint density at radius 3 is 2.57 bits per heavy atom. The number of benzene rings is 3. The molecule has 42 heavy (non-hydrogen) atoms. The summed E-state index contributed by atoms with van der Waals surface area (Å²) >= 11 is 0. The van der Waals surface area contributed by atoms with Crippen LogP contribution in [0.15, 0.2) is 79.0 Å². The second kappa shape index (κ2) is 11.9. The zero-order valence-corrected chi connectivity index (χ0v) is 23.3. The summed E-state index contributed by atoms with van der Waals surface area (Å²) in [5.41, 5.74) is 3.01. The molecule has 1 aliphatic rings. The monoisotopic (exact) mass is 564 g/mol. The fourth-order valence-electron chi connectivity index (χ4n) is 5.69. The number of fused-ring (bicyclic) bond motifs is 2. The van der Waals surface area contributed by atoms with E-state index in [9.17, 15) is 14.7 Å². The summed E-state index contributed by atoms with van der Waals surface area (Å²) in [6.07, 6.45) is 6.57. The molecule has 2 aromatic heterocycles. The molecule has 0 unspecified atom stereocenters. The summed E-state index contributed by atoms with van der Waals surface area (Å²) in [4.78, 5) is 34.6. The summed E-state index contributed by atoms with van der Waals surface area (Å²) in [7, 11) is 1.46. The Balaban J connectivity index is 1.47. The maximum Gasteiger partial charge on any atom is 0.249 e. The molecule has 1 saturated carbocycles. The molecule has 5 aromatic rings. The molecule has 1 aliphatic carbocycles. The van der Waals surface area contributed by atoms with E-state index in [1.54, 1.807) is 18.3 Å². The second-order valence-corrected chi connectivity index (χ2v) is 10.6. The number of hydrogen-bond donors (Lipinski definition) is 2. The van der Waals surface area contributed by atoms with Crippen LogP contribution in [0.4, 0.5) is 5.69 Å². The van der Waals surface area contributed by atoms with Crippen LogP contribution < -0.4 is 15.0 Å². The lowest BCUT2D eigenvalue weighted by molar-refractivity contribution is -0.127. The van der Waals surface area contributed by atoms with E-state index in [0.29, 0.717) is 22.3 Å². The van der Waals surface area contributed by atoms with Crippen molar-refractivity contribution in [2.75, 3.05) is 12.0 Å². The topological polar surface area (TPSA) is 122 Å². The first kappa shape index (κ1) is 27.2. The van der Waals surface area contributed by atoms with Crippen LogP contribution in [-0.2, 0) is 16.1 Å². The largest absolute Gasteiger partial charge is 0.504 e. The molecule has 214 valence electrons. The number of phenols is 1. The Hall–Kier alpha value is -4.99. The zero-order chi connectivity index (χ0) is 29.1. The normalized spacial score (nSPS) is 14.5. The number of methoxy groups -OCH3 is 1. The average molecular weight is 565 g/mol. The van der Waals surface area contributed by atoms with E-state index < -0.39 is 6.04 Å². The number of aromatic hydroxyl groups is 1. The van der Waals surface area contributed by atoms with Gasteiger partial charge >= 0.3 is 0 Å². The number of nitrogens with zero attached hydrogens (tertiary/aromatic N) is 5. The number of amides is 2. The van der Waals surface area contributed by atoms with E-state index in [1.165, 1.54) is 22.8 Å². The summed E-state index contributed by atoms with van der Waals surface area (Å²) in [5, 5.41) is 23.1. The predicted octanol–water partition coefficient (Wildman–Crippen LogP) is 4.92. The lowest BCUT2D eigenvalue weighted by Gasteiger charge is -2.33. The molecule has 1 fully saturated rings. The van der Waals surface area contributed by atoms with Crippen LogP contribution in [-0.4, -0.2) is 50.1 Å². The third-order valence-electron chi connectivity index (χ3n) is 7.80. The smallest absolute Gasteiger partial charge is 0.249 e. The number of carbonyl (C=O) groups is 2. The number of nitrogens with one attached hydrogen (secondary N) is 1. The summed E-state index contributed by atoms with van der Waals surface area (Å²) in [6, 6.07) is 20.5. The van der Waals surface area contributed by atoms with Crippen LogP contribution in [0.3, 0.4) is 0 Å². The highest BCUT2D eigenvalue weighted by Gasteiger charge is 2.35. The van der Waals surface area contributed by atoms with Gasteiger partial charge in [-0.15, -0.1) is 5.10 Å². The van der Waals surface area contributed by atoms with E-state index >= 15 is 0 Å². The van der Waals surface area contributed by atoms with Crippen molar-refractivity contribution >= 4 is 39.4 Å². The number of ether oxygens (including phenoxy) is 1. The highest BCUT2D eigenvalue weighted by Crippen LogP contribution is 2.35. The van der Waals surface area contributed by atoms with Crippen molar-refractivity contribution in [1.29, 1.82) is 0 Å². The molecule has 1 atom stereocenters. The van der Waals surface area contributed by atoms with Gasteiger partial charge in [0.15, 0.2) is 11.5 Å². The molecule has 0 saturated heterocycles. The molecule has 10 heteroatoms. The van der Waals surface area contributed by atoms with Gasteiger partial charge in [0.2, 0.25) is 11.8 Å². The Bertz CT molecular complexity index is 1750. The first-order valence-electron chi connectivity index (χ1n) is 14.1. The highest BCUT2D eigenvalue weighted by molar-refractivity contribution is 6.02. The minimum atomic E-state index is -1.10. The van der Waals surface area contributed by atoms with Gasteiger partial charge in [-0.2, -0.15) is 0 Å². The molecular formula is C32H32N6O4. The predicted molar refractivity (Wildman–Crippen MR) is 159 cm³/mol. The number of pyridine rings is 1. The van der Waals surface area contributed by atoms with Crippen molar-refractivity contribution in [3.8, 4) is 11.5 Å². The third kappa shape index (κ3) is 5.47. The molecular weight excluding hydrogens is 532 g/mol. The maximum absolute atomic E-state index is 14.4. The number of phenolic OH excluding ortho intramolecular Hbond substituents is 1. The van der Waals surface area contributed by atoms with Crippen molar-refractivity contribution in [3.63, 3.8) is 0 Å². The molecule has 2 heterocycles. The van der Waals surface area contributed by atoms with Gasteiger partial charge in [-0.1, -0.05) is 60.9 Å². The quantitative estimate of drug-likeness (QED) is 0.274. The lowest BCUT2D eigenvalue weighted by Crippen LogP contribution is -2.48. The summed E-state index contributed by atoms with van der Waals surface area (Å²) in [5.74, 6) is -0.584. The molecule has 0 radical (unpaired) electrons. The number of hydrogen-bond acceptors (Lipinski definition) is 7. The van der Waals surface area contributed by atoms with E-state index in [1.807, 2.05) is 54.6 Å². The zero-order valence-electron chi connectivity index (χ0n) is 23.3. The first-order valence-corrected chi connectivity index (χ1v) is 14.1. The second-order valence-electron chi connectivity index (χ2n) is 10.6. The summed E-state index contributed by atoms with van der Waals surface area (Å²) < 4.78 is 6.78. The maximum atomic E-state index is 14.4. The number of para-hydroxylation sites is 2. The summed E-state index contributed by atoms with van der Waals surface area (Å²) in [6.45, 7) is -0.164. The van der Waals surface area contributed by atoms with Crippen LogP contribution in [0.25, 0.3) is 21.9 Å². The van der Waals surface area contributed by atoms with Gasteiger partial charge in [-0.3, -0.25) is 19.5 Å². The average Bonchev–Trinajstić information content (AvgIpc) is 3.42. The SMILES string of the molecule is COc1ccc([C@H](C(=O)NC2CCCCC2)N(C(=O)Cn2nnc3ccccc32)c2cnc3ccccc3c2)cc1O.